The van der Waals surface area contributed by atoms with E-state index < -0.39 is 12.0 Å². The van der Waals surface area contributed by atoms with Gasteiger partial charge >= 0.3 is 5.97 Å². The van der Waals surface area contributed by atoms with Gasteiger partial charge in [-0.15, -0.1) is 0 Å². The lowest BCUT2D eigenvalue weighted by Crippen LogP contribution is -2.51. The molecular weight excluding hydrogens is 218 g/mol. The van der Waals surface area contributed by atoms with Gasteiger partial charge in [0.2, 0.25) is 0 Å². The van der Waals surface area contributed by atoms with Crippen LogP contribution in [0, 0.1) is 5.92 Å². The SMILES string of the molecule is CC1(C)CC(NC(C(=O)O)C2CC2)C(C)(C)O1. The van der Waals surface area contributed by atoms with Gasteiger partial charge in [0, 0.05) is 6.04 Å². The van der Waals surface area contributed by atoms with Crippen molar-refractivity contribution in [1.82, 2.24) is 5.32 Å². The van der Waals surface area contributed by atoms with Gasteiger partial charge in [0.25, 0.3) is 0 Å². The van der Waals surface area contributed by atoms with Crippen molar-refractivity contribution in [2.45, 2.75) is 70.2 Å². The van der Waals surface area contributed by atoms with E-state index in [9.17, 15) is 9.90 Å². The Morgan fingerprint density at radius 2 is 1.94 bits per heavy atom. The van der Waals surface area contributed by atoms with Crippen LogP contribution in [0.15, 0.2) is 0 Å². The molecule has 0 aromatic carbocycles. The average molecular weight is 241 g/mol. The van der Waals surface area contributed by atoms with E-state index in [1.165, 1.54) is 0 Å². The molecule has 4 nitrogen and oxygen atoms in total. The number of nitrogens with one attached hydrogen (secondary N) is 1. The Morgan fingerprint density at radius 1 is 1.35 bits per heavy atom. The zero-order valence-corrected chi connectivity index (χ0v) is 11.1. The maximum Gasteiger partial charge on any atom is 0.320 e. The maximum atomic E-state index is 11.2. The van der Waals surface area contributed by atoms with Crippen LogP contribution in [0.25, 0.3) is 0 Å². The molecule has 1 heterocycles. The molecule has 2 rings (SSSR count). The van der Waals surface area contributed by atoms with Gasteiger partial charge in [0.1, 0.15) is 6.04 Å². The van der Waals surface area contributed by atoms with Gasteiger partial charge < -0.3 is 9.84 Å². The Morgan fingerprint density at radius 3 is 2.29 bits per heavy atom. The largest absolute Gasteiger partial charge is 0.480 e. The first-order valence-electron chi connectivity index (χ1n) is 6.40. The van der Waals surface area contributed by atoms with Crippen molar-refractivity contribution in [3.8, 4) is 0 Å². The number of rotatable bonds is 4. The minimum atomic E-state index is -0.729. The zero-order valence-electron chi connectivity index (χ0n) is 11.1. The topological polar surface area (TPSA) is 58.6 Å². The second-order valence-electron chi connectivity index (χ2n) is 6.54. The van der Waals surface area contributed by atoms with Crippen LogP contribution in [0.3, 0.4) is 0 Å². The molecule has 17 heavy (non-hydrogen) atoms. The van der Waals surface area contributed by atoms with Crippen molar-refractivity contribution in [2.75, 3.05) is 0 Å². The molecule has 1 aliphatic heterocycles. The Hall–Kier alpha value is -0.610. The summed E-state index contributed by atoms with van der Waals surface area (Å²) < 4.78 is 5.97. The van der Waals surface area contributed by atoms with Gasteiger partial charge in [-0.3, -0.25) is 10.1 Å². The van der Waals surface area contributed by atoms with Crippen LogP contribution in [0.5, 0.6) is 0 Å². The molecule has 1 aliphatic carbocycles. The molecule has 0 amide bonds. The lowest BCUT2D eigenvalue weighted by molar-refractivity contribution is -0.140. The summed E-state index contributed by atoms with van der Waals surface area (Å²) in [5.41, 5.74) is -0.472. The standard InChI is InChI=1S/C13H23NO3/c1-12(2)7-9(13(3,4)17-12)14-10(11(15)16)8-5-6-8/h8-10,14H,5-7H2,1-4H3,(H,15,16). The Bertz CT molecular complexity index is 321. The van der Waals surface area contributed by atoms with Crippen molar-refractivity contribution in [2.24, 2.45) is 5.92 Å². The van der Waals surface area contributed by atoms with Crippen LogP contribution in [-0.4, -0.2) is 34.4 Å². The van der Waals surface area contributed by atoms with Crippen LogP contribution < -0.4 is 5.32 Å². The van der Waals surface area contributed by atoms with E-state index >= 15 is 0 Å². The van der Waals surface area contributed by atoms with Crippen LogP contribution in [0.2, 0.25) is 0 Å². The zero-order chi connectivity index (χ0) is 12.8. The third-order valence-corrected chi connectivity index (χ3v) is 3.81. The third-order valence-electron chi connectivity index (χ3n) is 3.81. The summed E-state index contributed by atoms with van der Waals surface area (Å²) in [5.74, 6) is -0.417. The number of carboxylic acids is 1. The Kier molecular flexibility index (Phi) is 2.99. The lowest BCUT2D eigenvalue weighted by atomic mass is 9.93. The first kappa shape index (κ1) is 12.8. The molecule has 0 radical (unpaired) electrons. The normalized spacial score (nSPS) is 32.4. The predicted molar refractivity (Wildman–Crippen MR) is 64.9 cm³/mol. The summed E-state index contributed by atoms with van der Waals surface area (Å²) in [6, 6.07) is -0.295. The van der Waals surface area contributed by atoms with Crippen molar-refractivity contribution in [1.29, 1.82) is 0 Å². The van der Waals surface area contributed by atoms with Crippen molar-refractivity contribution >= 4 is 5.97 Å². The molecule has 1 saturated heterocycles. The highest BCUT2D eigenvalue weighted by Crippen LogP contribution is 2.39. The fourth-order valence-electron chi connectivity index (χ4n) is 2.88. The minimum absolute atomic E-state index is 0.110. The first-order valence-corrected chi connectivity index (χ1v) is 6.40. The summed E-state index contributed by atoms with van der Waals surface area (Å²) in [6.07, 6.45) is 2.92. The summed E-state index contributed by atoms with van der Waals surface area (Å²) in [7, 11) is 0. The van der Waals surface area contributed by atoms with E-state index in [0.717, 1.165) is 19.3 Å². The number of hydrogen-bond donors (Lipinski definition) is 2. The molecule has 2 fully saturated rings. The summed E-state index contributed by atoms with van der Waals surface area (Å²) in [5, 5.41) is 12.5. The molecule has 0 bridgehead atoms. The first-order chi connectivity index (χ1) is 7.71. The van der Waals surface area contributed by atoms with Crippen LogP contribution in [0.4, 0.5) is 0 Å². The van der Waals surface area contributed by atoms with E-state index in [2.05, 4.69) is 19.2 Å². The van der Waals surface area contributed by atoms with Gasteiger partial charge in [-0.05, 0) is 52.9 Å². The van der Waals surface area contributed by atoms with Crippen LogP contribution in [-0.2, 0) is 9.53 Å². The number of aliphatic carboxylic acids is 1. The molecule has 0 aromatic heterocycles. The lowest BCUT2D eigenvalue weighted by Gasteiger charge is -2.29. The molecular formula is C13H23NO3. The summed E-state index contributed by atoms with van der Waals surface area (Å²) >= 11 is 0. The molecule has 98 valence electrons. The van der Waals surface area contributed by atoms with E-state index in [1.54, 1.807) is 0 Å². The predicted octanol–water partition coefficient (Wildman–Crippen LogP) is 1.79. The molecule has 2 atom stereocenters. The minimum Gasteiger partial charge on any atom is -0.480 e. The Balaban J connectivity index is 2.04. The molecule has 4 heteroatoms. The fraction of sp³-hybridized carbons (Fsp3) is 0.923. The average Bonchev–Trinajstić information content (AvgIpc) is 2.88. The number of carboxylic acid groups (broad SMARTS) is 1. The van der Waals surface area contributed by atoms with E-state index in [1.807, 2.05) is 13.8 Å². The molecule has 0 spiro atoms. The molecule has 2 aliphatic rings. The molecule has 2 unspecified atom stereocenters. The number of carbonyl (C=O) groups is 1. The Labute approximate surface area is 103 Å². The van der Waals surface area contributed by atoms with E-state index in [0.29, 0.717) is 5.92 Å². The highest BCUT2D eigenvalue weighted by molar-refractivity contribution is 5.74. The van der Waals surface area contributed by atoms with E-state index in [-0.39, 0.29) is 17.2 Å². The van der Waals surface area contributed by atoms with Crippen molar-refractivity contribution in [3.05, 3.63) is 0 Å². The van der Waals surface area contributed by atoms with Gasteiger partial charge in [0.15, 0.2) is 0 Å². The number of ether oxygens (including phenoxy) is 1. The second kappa shape index (κ2) is 3.95. The van der Waals surface area contributed by atoms with Crippen molar-refractivity contribution in [3.63, 3.8) is 0 Å². The third kappa shape index (κ3) is 2.80. The monoisotopic (exact) mass is 241 g/mol. The molecule has 0 aromatic rings. The highest BCUT2D eigenvalue weighted by Gasteiger charge is 2.48. The molecule has 2 N–H and O–H groups in total. The maximum absolute atomic E-state index is 11.2. The van der Waals surface area contributed by atoms with E-state index in [4.69, 9.17) is 4.74 Å². The van der Waals surface area contributed by atoms with Crippen molar-refractivity contribution < 1.29 is 14.6 Å². The van der Waals surface area contributed by atoms with Gasteiger partial charge in [-0.2, -0.15) is 0 Å². The smallest absolute Gasteiger partial charge is 0.320 e. The quantitative estimate of drug-likeness (QED) is 0.787. The van der Waals surface area contributed by atoms with Gasteiger partial charge in [-0.1, -0.05) is 0 Å². The van der Waals surface area contributed by atoms with Crippen LogP contribution in [0.1, 0.15) is 47.0 Å². The summed E-state index contributed by atoms with van der Waals surface area (Å²) in [4.78, 5) is 11.2. The van der Waals surface area contributed by atoms with Gasteiger partial charge in [-0.25, -0.2) is 0 Å². The number of hydrogen-bond acceptors (Lipinski definition) is 3. The van der Waals surface area contributed by atoms with Gasteiger partial charge in [0.05, 0.1) is 11.2 Å². The fourth-order valence-corrected chi connectivity index (χ4v) is 2.88. The van der Waals surface area contributed by atoms with Crippen LogP contribution >= 0.6 is 0 Å². The second-order valence-corrected chi connectivity index (χ2v) is 6.54. The summed E-state index contributed by atoms with van der Waals surface area (Å²) in [6.45, 7) is 8.18. The highest BCUT2D eigenvalue weighted by atomic mass is 16.5. The molecule has 1 saturated carbocycles.